The van der Waals surface area contributed by atoms with Crippen molar-refractivity contribution in [3.8, 4) is 11.5 Å². The van der Waals surface area contributed by atoms with E-state index in [0.717, 1.165) is 10.8 Å². The van der Waals surface area contributed by atoms with Crippen molar-refractivity contribution in [3.05, 3.63) is 36.4 Å². The first-order valence-corrected chi connectivity index (χ1v) is 3.64. The molecule has 0 spiro atoms. The van der Waals surface area contributed by atoms with Gasteiger partial charge in [0.05, 0.1) is 0 Å². The van der Waals surface area contributed by atoms with Crippen LogP contribution < -0.4 is 10.2 Å². The van der Waals surface area contributed by atoms with Crippen molar-refractivity contribution in [1.82, 2.24) is 0 Å². The SMILES string of the molecule is [O-]c1cc2ccccc2cc1[O-].[Ti+2]. The van der Waals surface area contributed by atoms with Gasteiger partial charge in [-0.1, -0.05) is 36.4 Å². The first kappa shape index (κ1) is 10.1. The predicted octanol–water partition coefficient (Wildman–Crippen LogP) is 0.984. The van der Waals surface area contributed by atoms with Gasteiger partial charge < -0.3 is 10.2 Å². The molecule has 62 valence electrons. The van der Waals surface area contributed by atoms with E-state index in [1.807, 2.05) is 24.3 Å². The van der Waals surface area contributed by atoms with Gasteiger partial charge in [-0.25, -0.2) is 0 Å². The summed E-state index contributed by atoms with van der Waals surface area (Å²) in [6, 6.07) is 10.1. The van der Waals surface area contributed by atoms with Gasteiger partial charge in [-0.05, 0) is 10.8 Å². The van der Waals surface area contributed by atoms with E-state index in [9.17, 15) is 10.2 Å². The fourth-order valence-corrected chi connectivity index (χ4v) is 1.20. The van der Waals surface area contributed by atoms with Gasteiger partial charge in [0.1, 0.15) is 0 Å². The van der Waals surface area contributed by atoms with E-state index < -0.39 is 11.5 Å². The number of rotatable bonds is 0. The number of hydrogen-bond acceptors (Lipinski definition) is 2. The normalized spacial score (nSPS) is 9.54. The minimum absolute atomic E-state index is 0. The summed E-state index contributed by atoms with van der Waals surface area (Å²) < 4.78 is 0. The molecule has 0 bridgehead atoms. The Kier molecular flexibility index (Phi) is 2.96. The molecule has 0 aliphatic rings. The Morgan fingerprint density at radius 2 is 1.15 bits per heavy atom. The zero-order valence-electron chi connectivity index (χ0n) is 6.78. The van der Waals surface area contributed by atoms with Gasteiger partial charge in [0.15, 0.2) is 0 Å². The van der Waals surface area contributed by atoms with Crippen molar-refractivity contribution < 1.29 is 31.9 Å². The van der Waals surface area contributed by atoms with Crippen LogP contribution in [0.3, 0.4) is 0 Å². The van der Waals surface area contributed by atoms with Crippen LogP contribution in [0.15, 0.2) is 36.4 Å². The largest absolute Gasteiger partial charge is 2.00 e. The van der Waals surface area contributed by atoms with Gasteiger partial charge >= 0.3 is 21.7 Å². The average Bonchev–Trinajstić information content (AvgIpc) is 2.07. The van der Waals surface area contributed by atoms with E-state index in [0.29, 0.717) is 0 Å². The molecule has 13 heavy (non-hydrogen) atoms. The molecule has 0 saturated heterocycles. The van der Waals surface area contributed by atoms with Crippen molar-refractivity contribution in [2.75, 3.05) is 0 Å². The monoisotopic (exact) mass is 206 g/mol. The second kappa shape index (κ2) is 3.82. The van der Waals surface area contributed by atoms with Gasteiger partial charge in [0, 0.05) is 0 Å². The molecule has 0 aliphatic carbocycles. The summed E-state index contributed by atoms with van der Waals surface area (Å²) in [7, 11) is 0. The number of benzene rings is 2. The summed E-state index contributed by atoms with van der Waals surface area (Å²) in [5.41, 5.74) is 0. The van der Waals surface area contributed by atoms with Crippen molar-refractivity contribution in [2.45, 2.75) is 0 Å². The maximum absolute atomic E-state index is 10.9. The standard InChI is InChI=1S/C10H8O2.Ti/c11-9-5-7-3-1-2-4-8(7)6-10(9)12;/h1-6,11-12H;/q;+2/p-2. The second-order valence-corrected chi connectivity index (χ2v) is 2.65. The van der Waals surface area contributed by atoms with Crippen LogP contribution in [0.4, 0.5) is 0 Å². The van der Waals surface area contributed by atoms with Crippen LogP contribution in [0, 0.1) is 0 Å². The molecular formula is C10H6O2Ti. The minimum Gasteiger partial charge on any atom is -0.873 e. The van der Waals surface area contributed by atoms with E-state index in [2.05, 4.69) is 0 Å². The van der Waals surface area contributed by atoms with Crippen LogP contribution in [-0.4, -0.2) is 0 Å². The summed E-state index contributed by atoms with van der Waals surface area (Å²) in [5.74, 6) is -0.873. The summed E-state index contributed by atoms with van der Waals surface area (Å²) in [6.07, 6.45) is 0. The van der Waals surface area contributed by atoms with E-state index in [-0.39, 0.29) is 21.7 Å². The molecule has 3 heteroatoms. The van der Waals surface area contributed by atoms with E-state index in [1.54, 1.807) is 0 Å². The van der Waals surface area contributed by atoms with E-state index in [1.165, 1.54) is 12.1 Å². The Labute approximate surface area is 90.7 Å². The average molecular weight is 206 g/mol. The van der Waals surface area contributed by atoms with E-state index in [4.69, 9.17) is 0 Å². The molecule has 2 rings (SSSR count). The zero-order chi connectivity index (χ0) is 8.55. The van der Waals surface area contributed by atoms with Crippen molar-refractivity contribution in [3.63, 3.8) is 0 Å². The van der Waals surface area contributed by atoms with Crippen LogP contribution in [0.25, 0.3) is 10.8 Å². The molecule has 0 atom stereocenters. The van der Waals surface area contributed by atoms with Crippen LogP contribution in [0.1, 0.15) is 0 Å². The summed E-state index contributed by atoms with van der Waals surface area (Å²) >= 11 is 0. The first-order valence-electron chi connectivity index (χ1n) is 3.64. The van der Waals surface area contributed by atoms with Crippen LogP contribution >= 0.6 is 0 Å². The molecule has 2 aromatic rings. The third-order valence-corrected chi connectivity index (χ3v) is 1.81. The molecule has 0 aromatic heterocycles. The summed E-state index contributed by atoms with van der Waals surface area (Å²) in [5, 5.41) is 23.5. The second-order valence-electron chi connectivity index (χ2n) is 2.65. The Morgan fingerprint density at radius 1 is 0.769 bits per heavy atom. The minimum atomic E-state index is -0.436. The maximum atomic E-state index is 10.9. The first-order chi connectivity index (χ1) is 5.77. The predicted molar refractivity (Wildman–Crippen MR) is 42.8 cm³/mol. The molecule has 0 aliphatic heterocycles. The molecule has 0 unspecified atom stereocenters. The summed E-state index contributed by atoms with van der Waals surface area (Å²) in [6.45, 7) is 0. The molecular weight excluding hydrogens is 200 g/mol. The Morgan fingerprint density at radius 3 is 1.54 bits per heavy atom. The topological polar surface area (TPSA) is 46.1 Å². The molecule has 2 aromatic carbocycles. The Bertz CT molecular complexity index is 386. The Balaban J connectivity index is 0.000000845. The van der Waals surface area contributed by atoms with Gasteiger partial charge in [-0.2, -0.15) is 0 Å². The van der Waals surface area contributed by atoms with Crippen LogP contribution in [0.2, 0.25) is 0 Å². The number of fused-ring (bicyclic) bond motifs is 1. The van der Waals surface area contributed by atoms with Gasteiger partial charge in [0.25, 0.3) is 0 Å². The van der Waals surface area contributed by atoms with Crippen molar-refractivity contribution in [2.24, 2.45) is 0 Å². The quantitative estimate of drug-likeness (QED) is 0.603. The molecule has 0 fully saturated rings. The van der Waals surface area contributed by atoms with Crippen molar-refractivity contribution in [1.29, 1.82) is 0 Å². The summed E-state index contributed by atoms with van der Waals surface area (Å²) in [4.78, 5) is 0. The molecule has 0 saturated carbocycles. The maximum Gasteiger partial charge on any atom is 2.00 e. The molecule has 0 N–H and O–H groups in total. The molecule has 0 amide bonds. The fourth-order valence-electron chi connectivity index (χ4n) is 1.20. The number of hydrogen-bond donors (Lipinski definition) is 0. The van der Waals surface area contributed by atoms with Crippen molar-refractivity contribution >= 4 is 10.8 Å². The third-order valence-electron chi connectivity index (χ3n) is 1.81. The van der Waals surface area contributed by atoms with Crippen LogP contribution in [-0.2, 0) is 21.7 Å². The molecule has 2 nitrogen and oxygen atoms in total. The van der Waals surface area contributed by atoms with Gasteiger partial charge in [-0.15, -0.1) is 11.5 Å². The third kappa shape index (κ3) is 1.85. The van der Waals surface area contributed by atoms with Gasteiger partial charge in [0.2, 0.25) is 0 Å². The van der Waals surface area contributed by atoms with Gasteiger partial charge in [-0.3, -0.25) is 0 Å². The smallest absolute Gasteiger partial charge is 0.873 e. The van der Waals surface area contributed by atoms with Crippen LogP contribution in [0.5, 0.6) is 11.5 Å². The fraction of sp³-hybridized carbons (Fsp3) is 0. The Hall–Kier alpha value is -0.986. The van der Waals surface area contributed by atoms with E-state index >= 15 is 0 Å². The zero-order valence-corrected chi connectivity index (χ0v) is 8.34. The molecule has 0 heterocycles. The molecule has 0 radical (unpaired) electrons.